The number of carbonyl (C=O) groups excluding carboxylic acids is 1. The zero-order valence-electron chi connectivity index (χ0n) is 10.8. The third-order valence-corrected chi connectivity index (χ3v) is 3.38. The third-order valence-electron chi connectivity index (χ3n) is 3.38. The number of carboxylic acids is 1. The van der Waals surface area contributed by atoms with E-state index in [1.807, 2.05) is 20.8 Å². The minimum atomic E-state index is -0.827. The fourth-order valence-electron chi connectivity index (χ4n) is 1.95. The van der Waals surface area contributed by atoms with Crippen molar-refractivity contribution in [2.24, 2.45) is 5.92 Å². The van der Waals surface area contributed by atoms with E-state index in [2.05, 4.69) is 5.32 Å². The number of carboxylic acid groups (broad SMARTS) is 1. The summed E-state index contributed by atoms with van der Waals surface area (Å²) in [7, 11) is 0. The zero-order chi connectivity index (χ0) is 13.0. The zero-order valence-corrected chi connectivity index (χ0v) is 10.8. The molecule has 17 heavy (non-hydrogen) atoms. The normalized spacial score (nSPS) is 22.7. The highest BCUT2D eigenvalue weighted by Crippen LogP contribution is 2.16. The number of carbonyl (C=O) groups is 2. The summed E-state index contributed by atoms with van der Waals surface area (Å²) in [5.74, 6) is -0.528. The van der Waals surface area contributed by atoms with Gasteiger partial charge in [-0.1, -0.05) is 13.8 Å². The Labute approximate surface area is 102 Å². The molecule has 2 atom stereocenters. The van der Waals surface area contributed by atoms with Crippen LogP contribution in [0.15, 0.2) is 0 Å². The molecule has 0 bridgehead atoms. The Kier molecular flexibility index (Phi) is 4.93. The van der Waals surface area contributed by atoms with Crippen LogP contribution in [0.4, 0.5) is 0 Å². The van der Waals surface area contributed by atoms with Crippen molar-refractivity contribution in [2.75, 3.05) is 13.1 Å². The number of nitrogens with one attached hydrogen (secondary N) is 1. The first kappa shape index (κ1) is 14.0. The largest absolute Gasteiger partial charge is 0.480 e. The van der Waals surface area contributed by atoms with Gasteiger partial charge in [-0.05, 0) is 32.2 Å². The van der Waals surface area contributed by atoms with Gasteiger partial charge in [0.15, 0.2) is 0 Å². The Balaban J connectivity index is 2.43. The Morgan fingerprint density at radius 1 is 1.41 bits per heavy atom. The minimum Gasteiger partial charge on any atom is -0.480 e. The number of amides is 1. The van der Waals surface area contributed by atoms with Crippen LogP contribution in [0.25, 0.3) is 0 Å². The minimum absolute atomic E-state index is 0.0839. The van der Waals surface area contributed by atoms with E-state index in [0.717, 1.165) is 6.42 Å². The average Bonchev–Trinajstić information content (AvgIpc) is 2.65. The molecule has 1 aliphatic heterocycles. The molecular formula is C12H22N2O3. The summed E-state index contributed by atoms with van der Waals surface area (Å²) < 4.78 is 0. The molecule has 0 aliphatic carbocycles. The van der Waals surface area contributed by atoms with Crippen LogP contribution >= 0.6 is 0 Å². The second-order valence-electron chi connectivity index (χ2n) is 5.07. The summed E-state index contributed by atoms with van der Waals surface area (Å²) in [6.45, 7) is 6.93. The molecule has 0 aromatic heterocycles. The highest BCUT2D eigenvalue weighted by atomic mass is 16.4. The average molecular weight is 242 g/mol. The molecule has 1 heterocycles. The molecular weight excluding hydrogens is 220 g/mol. The van der Waals surface area contributed by atoms with E-state index in [-0.39, 0.29) is 18.5 Å². The molecule has 1 saturated heterocycles. The SMILES string of the molecule is CC(C)[C@@H](C)NC(=O)CN1CCC[C@H]1C(=O)O. The van der Waals surface area contributed by atoms with Gasteiger partial charge in [-0.15, -0.1) is 0 Å². The Morgan fingerprint density at radius 3 is 2.59 bits per heavy atom. The van der Waals surface area contributed by atoms with E-state index < -0.39 is 12.0 Å². The number of likely N-dealkylation sites (tertiary alicyclic amines) is 1. The molecule has 1 fully saturated rings. The predicted molar refractivity (Wildman–Crippen MR) is 64.7 cm³/mol. The molecule has 0 aromatic carbocycles. The molecule has 1 aliphatic rings. The number of rotatable bonds is 5. The Hall–Kier alpha value is -1.10. The maximum Gasteiger partial charge on any atom is 0.320 e. The van der Waals surface area contributed by atoms with E-state index in [0.29, 0.717) is 18.9 Å². The van der Waals surface area contributed by atoms with E-state index in [9.17, 15) is 9.59 Å². The Morgan fingerprint density at radius 2 is 2.06 bits per heavy atom. The highest BCUT2D eigenvalue weighted by Gasteiger charge is 2.31. The van der Waals surface area contributed by atoms with Crippen LogP contribution < -0.4 is 5.32 Å². The smallest absolute Gasteiger partial charge is 0.320 e. The van der Waals surface area contributed by atoms with Crippen LogP contribution in [0.5, 0.6) is 0 Å². The van der Waals surface area contributed by atoms with Crippen LogP contribution in [-0.4, -0.2) is 47.1 Å². The molecule has 0 unspecified atom stereocenters. The van der Waals surface area contributed by atoms with Gasteiger partial charge in [-0.25, -0.2) is 0 Å². The van der Waals surface area contributed by atoms with Crippen LogP contribution in [0.3, 0.4) is 0 Å². The van der Waals surface area contributed by atoms with E-state index in [1.54, 1.807) is 4.90 Å². The lowest BCUT2D eigenvalue weighted by molar-refractivity contribution is -0.142. The highest BCUT2D eigenvalue weighted by molar-refractivity contribution is 5.80. The summed E-state index contributed by atoms with van der Waals surface area (Å²) in [5.41, 5.74) is 0. The molecule has 1 amide bonds. The topological polar surface area (TPSA) is 69.6 Å². The number of hydrogen-bond donors (Lipinski definition) is 2. The fraction of sp³-hybridized carbons (Fsp3) is 0.833. The number of nitrogens with zero attached hydrogens (tertiary/aromatic N) is 1. The molecule has 5 nitrogen and oxygen atoms in total. The van der Waals surface area contributed by atoms with Crippen molar-refractivity contribution in [1.29, 1.82) is 0 Å². The van der Waals surface area contributed by atoms with Gasteiger partial charge in [0.2, 0.25) is 5.91 Å². The van der Waals surface area contributed by atoms with Crippen LogP contribution in [0, 0.1) is 5.92 Å². The molecule has 5 heteroatoms. The summed E-state index contributed by atoms with van der Waals surface area (Å²) in [5, 5.41) is 11.9. The Bertz CT molecular complexity index is 291. The van der Waals surface area contributed by atoms with E-state index in [1.165, 1.54) is 0 Å². The molecule has 0 spiro atoms. The summed E-state index contributed by atoms with van der Waals surface area (Å²) in [6, 6.07) is -0.372. The van der Waals surface area contributed by atoms with Gasteiger partial charge in [0.25, 0.3) is 0 Å². The maximum absolute atomic E-state index is 11.7. The van der Waals surface area contributed by atoms with Crippen molar-refractivity contribution < 1.29 is 14.7 Å². The van der Waals surface area contributed by atoms with Crippen molar-refractivity contribution in [3.05, 3.63) is 0 Å². The van der Waals surface area contributed by atoms with E-state index in [4.69, 9.17) is 5.11 Å². The lowest BCUT2D eigenvalue weighted by atomic mass is 10.1. The summed E-state index contributed by atoms with van der Waals surface area (Å²) in [4.78, 5) is 24.4. The molecule has 98 valence electrons. The summed E-state index contributed by atoms with van der Waals surface area (Å²) in [6.07, 6.45) is 1.49. The standard InChI is InChI=1S/C12H22N2O3/c1-8(2)9(3)13-11(15)7-14-6-4-5-10(14)12(16)17/h8-10H,4-7H2,1-3H3,(H,13,15)(H,16,17)/t9-,10+/m1/s1. The molecule has 0 aromatic rings. The first-order chi connectivity index (χ1) is 7.91. The van der Waals surface area contributed by atoms with Crippen molar-refractivity contribution in [2.45, 2.75) is 45.7 Å². The second-order valence-corrected chi connectivity index (χ2v) is 5.07. The molecule has 2 N–H and O–H groups in total. The number of aliphatic carboxylic acids is 1. The van der Waals surface area contributed by atoms with Crippen molar-refractivity contribution in [1.82, 2.24) is 10.2 Å². The van der Waals surface area contributed by atoms with Gasteiger partial charge in [-0.2, -0.15) is 0 Å². The van der Waals surface area contributed by atoms with Crippen molar-refractivity contribution in [3.63, 3.8) is 0 Å². The van der Waals surface area contributed by atoms with Gasteiger partial charge in [-0.3, -0.25) is 14.5 Å². The van der Waals surface area contributed by atoms with Gasteiger partial charge in [0, 0.05) is 6.04 Å². The summed E-state index contributed by atoms with van der Waals surface area (Å²) >= 11 is 0. The quantitative estimate of drug-likeness (QED) is 0.744. The van der Waals surface area contributed by atoms with Gasteiger partial charge in [0.1, 0.15) is 6.04 Å². The maximum atomic E-state index is 11.7. The fourth-order valence-corrected chi connectivity index (χ4v) is 1.95. The monoisotopic (exact) mass is 242 g/mol. The van der Waals surface area contributed by atoms with Crippen molar-refractivity contribution in [3.8, 4) is 0 Å². The van der Waals surface area contributed by atoms with Gasteiger partial charge >= 0.3 is 5.97 Å². The molecule has 1 rings (SSSR count). The predicted octanol–water partition coefficient (Wildman–Crippen LogP) is 0.696. The van der Waals surface area contributed by atoms with Gasteiger partial charge in [0.05, 0.1) is 6.54 Å². The van der Waals surface area contributed by atoms with Crippen LogP contribution in [-0.2, 0) is 9.59 Å². The lowest BCUT2D eigenvalue weighted by Gasteiger charge is -2.23. The molecule has 0 saturated carbocycles. The first-order valence-corrected chi connectivity index (χ1v) is 6.18. The van der Waals surface area contributed by atoms with Crippen LogP contribution in [0.2, 0.25) is 0 Å². The number of hydrogen-bond acceptors (Lipinski definition) is 3. The lowest BCUT2D eigenvalue weighted by Crippen LogP contribution is -2.46. The van der Waals surface area contributed by atoms with Crippen molar-refractivity contribution >= 4 is 11.9 Å². The third kappa shape index (κ3) is 4.00. The first-order valence-electron chi connectivity index (χ1n) is 6.18. The second kappa shape index (κ2) is 6.00. The van der Waals surface area contributed by atoms with Gasteiger partial charge < -0.3 is 10.4 Å². The van der Waals surface area contributed by atoms with E-state index >= 15 is 0 Å². The molecule has 0 radical (unpaired) electrons. The van der Waals surface area contributed by atoms with Crippen LogP contribution in [0.1, 0.15) is 33.6 Å².